The van der Waals surface area contributed by atoms with Crippen LogP contribution >= 0.6 is 0 Å². The molecular formula is C19H29NO2. The van der Waals surface area contributed by atoms with Crippen LogP contribution in [-0.4, -0.2) is 6.41 Å². The maximum absolute atomic E-state index is 10.2. The first-order valence-corrected chi connectivity index (χ1v) is 7.33. The van der Waals surface area contributed by atoms with Crippen molar-refractivity contribution < 1.29 is 9.53 Å². The summed E-state index contributed by atoms with van der Waals surface area (Å²) in [5.41, 5.74) is 2.80. The lowest BCUT2D eigenvalue weighted by Gasteiger charge is -2.09. The van der Waals surface area contributed by atoms with Gasteiger partial charge in [0, 0.05) is 11.3 Å². The predicted molar refractivity (Wildman–Crippen MR) is 97.5 cm³/mol. The first-order chi connectivity index (χ1) is 10.4. The fourth-order valence-electron chi connectivity index (χ4n) is 1.13. The summed E-state index contributed by atoms with van der Waals surface area (Å²) < 4.78 is 5.46. The normalized spacial score (nSPS) is 9.27. The maximum Gasteiger partial charge on any atom is 0.211 e. The van der Waals surface area contributed by atoms with Crippen LogP contribution in [0.3, 0.4) is 0 Å². The molecule has 0 aliphatic heterocycles. The number of hydrogen-bond acceptors (Lipinski definition) is 2. The van der Waals surface area contributed by atoms with Gasteiger partial charge in [-0.2, -0.15) is 0 Å². The molecule has 1 aromatic carbocycles. The number of nitrogens with one attached hydrogen (secondary N) is 1. The summed E-state index contributed by atoms with van der Waals surface area (Å²) in [7, 11) is 0. The Labute approximate surface area is 135 Å². The average Bonchev–Trinajstić information content (AvgIpc) is 2.49. The number of anilines is 1. The minimum absolute atomic E-state index is 0.591. The molecule has 3 heteroatoms. The third-order valence-electron chi connectivity index (χ3n) is 2.12. The highest BCUT2D eigenvalue weighted by Crippen LogP contribution is 2.19. The highest BCUT2D eigenvalue weighted by molar-refractivity contribution is 5.72. The Kier molecular flexibility index (Phi) is 13.7. The van der Waals surface area contributed by atoms with Crippen LogP contribution in [0.1, 0.15) is 47.1 Å². The molecule has 0 aliphatic carbocycles. The van der Waals surface area contributed by atoms with Crippen molar-refractivity contribution in [2.24, 2.45) is 0 Å². The maximum atomic E-state index is 10.2. The van der Waals surface area contributed by atoms with E-state index in [1.54, 1.807) is 12.1 Å². The minimum Gasteiger partial charge on any atom is -0.462 e. The summed E-state index contributed by atoms with van der Waals surface area (Å²) in [4.78, 5) is 10.2. The average molecular weight is 303 g/mol. The van der Waals surface area contributed by atoms with Gasteiger partial charge in [-0.3, -0.25) is 4.79 Å². The molecule has 1 N–H and O–H groups in total. The van der Waals surface area contributed by atoms with Crippen molar-refractivity contribution in [3.8, 4) is 0 Å². The minimum atomic E-state index is 0.591. The van der Waals surface area contributed by atoms with Crippen LogP contribution in [-0.2, 0) is 9.53 Å². The van der Waals surface area contributed by atoms with E-state index in [0.29, 0.717) is 12.2 Å². The third-order valence-corrected chi connectivity index (χ3v) is 2.12. The van der Waals surface area contributed by atoms with E-state index < -0.39 is 0 Å². The third kappa shape index (κ3) is 11.5. The molecule has 1 aromatic rings. The fraction of sp³-hybridized carbons (Fsp3) is 0.316. The lowest BCUT2D eigenvalue weighted by Crippen LogP contribution is -1.94. The molecule has 3 nitrogen and oxygen atoms in total. The number of hydrogen-bond donors (Lipinski definition) is 1. The van der Waals surface area contributed by atoms with E-state index >= 15 is 0 Å². The van der Waals surface area contributed by atoms with Crippen molar-refractivity contribution in [3.05, 3.63) is 60.4 Å². The molecule has 1 amide bonds. The second-order valence-corrected chi connectivity index (χ2v) is 4.47. The zero-order chi connectivity index (χ0) is 17.5. The van der Waals surface area contributed by atoms with Gasteiger partial charge in [-0.15, -0.1) is 6.58 Å². The Morgan fingerprint density at radius 2 is 1.55 bits per heavy atom. The number of amides is 1. The summed E-state index contributed by atoms with van der Waals surface area (Å²) in [6.07, 6.45) is 2.51. The molecule has 0 bridgehead atoms. The molecule has 22 heavy (non-hydrogen) atoms. The Morgan fingerprint density at radius 1 is 1.09 bits per heavy atom. The van der Waals surface area contributed by atoms with Gasteiger partial charge in [0.2, 0.25) is 6.41 Å². The molecule has 0 spiro atoms. The number of carbonyl (C=O) groups excluding carboxylic acids is 1. The van der Waals surface area contributed by atoms with E-state index in [4.69, 9.17) is 4.74 Å². The smallest absolute Gasteiger partial charge is 0.211 e. The van der Waals surface area contributed by atoms with E-state index in [-0.39, 0.29) is 0 Å². The van der Waals surface area contributed by atoms with E-state index in [1.165, 1.54) is 5.57 Å². The fourth-order valence-corrected chi connectivity index (χ4v) is 1.13. The summed E-state index contributed by atoms with van der Waals surface area (Å²) >= 11 is 0. The molecule has 0 saturated carbocycles. The predicted octanol–water partition coefficient (Wildman–Crippen LogP) is 5.77. The van der Waals surface area contributed by atoms with Gasteiger partial charge in [-0.05, 0) is 58.0 Å². The molecule has 0 fully saturated rings. The summed E-state index contributed by atoms with van der Waals surface area (Å²) in [5.74, 6) is 1.40. The molecule has 122 valence electrons. The van der Waals surface area contributed by atoms with Crippen LogP contribution < -0.4 is 5.32 Å². The van der Waals surface area contributed by atoms with Crippen molar-refractivity contribution in [1.29, 1.82) is 0 Å². The van der Waals surface area contributed by atoms with E-state index in [9.17, 15) is 4.79 Å². The van der Waals surface area contributed by atoms with Crippen LogP contribution in [0.5, 0.6) is 0 Å². The number of carbonyl (C=O) groups is 1. The van der Waals surface area contributed by atoms with Gasteiger partial charge in [-0.25, -0.2) is 0 Å². The van der Waals surface area contributed by atoms with Gasteiger partial charge in [0.15, 0.2) is 0 Å². The first-order valence-electron chi connectivity index (χ1n) is 7.33. The van der Waals surface area contributed by atoms with Gasteiger partial charge in [0.05, 0.1) is 5.76 Å². The number of benzene rings is 1. The number of ether oxygens (including phenoxy) is 1. The zero-order valence-electron chi connectivity index (χ0n) is 14.7. The summed E-state index contributed by atoms with van der Waals surface area (Å²) in [5, 5.41) is 2.56. The van der Waals surface area contributed by atoms with Crippen LogP contribution in [0.2, 0.25) is 0 Å². The molecule has 0 radical (unpaired) electrons. The first kappa shape index (κ1) is 22.0. The molecule has 0 saturated heterocycles. The standard InChI is InChI=1S/C13H15NO2.C4H8.C2H6/c1-4-10(2)16-11(3)12-5-7-13(8-6-12)14-9-15;1-4(2)3;1-2/h4-9H,3H2,1-2H3,(H,14,15);1H2,2-3H3;1-2H3/b10-4+;;. The van der Waals surface area contributed by atoms with Gasteiger partial charge in [0.1, 0.15) is 5.76 Å². The van der Waals surface area contributed by atoms with E-state index in [0.717, 1.165) is 17.0 Å². The summed E-state index contributed by atoms with van der Waals surface area (Å²) in [6, 6.07) is 7.28. The van der Waals surface area contributed by atoms with Crippen molar-refractivity contribution in [2.75, 3.05) is 5.32 Å². The van der Waals surface area contributed by atoms with Crippen molar-refractivity contribution in [2.45, 2.75) is 41.5 Å². The Balaban J connectivity index is 0. The lowest BCUT2D eigenvalue weighted by atomic mass is 10.2. The summed E-state index contributed by atoms with van der Waals surface area (Å²) in [6.45, 7) is 19.1. The highest BCUT2D eigenvalue weighted by atomic mass is 16.5. The second kappa shape index (κ2) is 13.7. The van der Waals surface area contributed by atoms with Crippen LogP contribution in [0.4, 0.5) is 5.69 Å². The van der Waals surface area contributed by atoms with Crippen LogP contribution in [0.15, 0.2) is 54.8 Å². The molecule has 0 aromatic heterocycles. The van der Waals surface area contributed by atoms with Crippen LogP contribution in [0, 0.1) is 0 Å². The quantitative estimate of drug-likeness (QED) is 0.425. The Hall–Kier alpha value is -2.29. The largest absolute Gasteiger partial charge is 0.462 e. The zero-order valence-corrected chi connectivity index (χ0v) is 14.7. The number of rotatable bonds is 5. The van der Waals surface area contributed by atoms with Gasteiger partial charge in [-0.1, -0.05) is 26.0 Å². The highest BCUT2D eigenvalue weighted by Gasteiger charge is 2.00. The lowest BCUT2D eigenvalue weighted by molar-refractivity contribution is -0.105. The molecule has 0 atom stereocenters. The van der Waals surface area contributed by atoms with Crippen molar-refractivity contribution in [3.63, 3.8) is 0 Å². The Bertz CT molecular complexity index is 481. The SMILES string of the molecule is C=C(C)C.C=C(O/C(C)=C/C)c1ccc(NC=O)cc1.CC. The molecule has 0 unspecified atom stereocenters. The second-order valence-electron chi connectivity index (χ2n) is 4.47. The monoisotopic (exact) mass is 303 g/mol. The van der Waals surface area contributed by atoms with E-state index in [2.05, 4.69) is 18.5 Å². The van der Waals surface area contributed by atoms with E-state index in [1.807, 2.05) is 59.8 Å². The van der Waals surface area contributed by atoms with Gasteiger partial charge >= 0.3 is 0 Å². The van der Waals surface area contributed by atoms with Gasteiger partial charge in [0.25, 0.3) is 0 Å². The van der Waals surface area contributed by atoms with Crippen LogP contribution in [0.25, 0.3) is 5.76 Å². The topological polar surface area (TPSA) is 38.3 Å². The molecule has 0 heterocycles. The van der Waals surface area contributed by atoms with Crippen molar-refractivity contribution in [1.82, 2.24) is 0 Å². The van der Waals surface area contributed by atoms with Gasteiger partial charge < -0.3 is 10.1 Å². The molecular weight excluding hydrogens is 274 g/mol. The Morgan fingerprint density at radius 3 is 1.91 bits per heavy atom. The van der Waals surface area contributed by atoms with Crippen molar-refractivity contribution >= 4 is 17.9 Å². The number of allylic oxidation sites excluding steroid dienone is 3. The molecule has 1 rings (SSSR count). The molecule has 0 aliphatic rings.